The number of rotatable bonds is 7. The van der Waals surface area contributed by atoms with Crippen LogP contribution in [0.15, 0.2) is 54.6 Å². The molecule has 3 amide bonds. The topological polar surface area (TPSA) is 79.5 Å². The maximum Gasteiger partial charge on any atom is 0.319 e. The van der Waals surface area contributed by atoms with E-state index in [9.17, 15) is 9.59 Å². The van der Waals surface area contributed by atoms with Crippen LogP contribution in [0.25, 0.3) is 0 Å². The van der Waals surface area contributed by atoms with Crippen LogP contribution in [-0.4, -0.2) is 32.2 Å². The Labute approximate surface area is 147 Å². The van der Waals surface area contributed by atoms with Gasteiger partial charge in [0.05, 0.1) is 0 Å². The Kier molecular flexibility index (Phi) is 6.98. The molecule has 3 N–H and O–H groups in total. The Balaban J connectivity index is 1.85. The molecular formula is C19H23N3O3. The minimum absolute atomic E-state index is 0.0183. The third-order valence-corrected chi connectivity index (χ3v) is 3.62. The maximum atomic E-state index is 12.1. The van der Waals surface area contributed by atoms with Crippen molar-refractivity contribution in [2.45, 2.75) is 12.8 Å². The largest absolute Gasteiger partial charge is 0.375 e. The fourth-order valence-electron chi connectivity index (χ4n) is 2.32. The van der Waals surface area contributed by atoms with Gasteiger partial charge in [0.2, 0.25) is 5.91 Å². The van der Waals surface area contributed by atoms with Gasteiger partial charge in [-0.15, -0.1) is 0 Å². The van der Waals surface area contributed by atoms with Gasteiger partial charge in [-0.2, -0.15) is 0 Å². The van der Waals surface area contributed by atoms with E-state index in [-0.39, 0.29) is 24.5 Å². The number of urea groups is 1. The van der Waals surface area contributed by atoms with Gasteiger partial charge in [0.25, 0.3) is 0 Å². The number of benzene rings is 2. The third-order valence-electron chi connectivity index (χ3n) is 3.62. The lowest BCUT2D eigenvalue weighted by Crippen LogP contribution is -2.31. The maximum absolute atomic E-state index is 12.1. The molecule has 0 spiro atoms. The molecule has 2 rings (SSSR count). The summed E-state index contributed by atoms with van der Waals surface area (Å²) >= 11 is 0. The molecule has 0 radical (unpaired) electrons. The van der Waals surface area contributed by atoms with Crippen molar-refractivity contribution in [3.05, 3.63) is 60.2 Å². The summed E-state index contributed by atoms with van der Waals surface area (Å²) in [6, 6.07) is 16.7. The smallest absolute Gasteiger partial charge is 0.319 e. The summed E-state index contributed by atoms with van der Waals surface area (Å²) in [5.41, 5.74) is 2.36. The van der Waals surface area contributed by atoms with Crippen molar-refractivity contribution < 1.29 is 14.3 Å². The molecule has 1 atom stereocenters. The van der Waals surface area contributed by atoms with Crippen molar-refractivity contribution >= 4 is 23.3 Å². The van der Waals surface area contributed by atoms with Gasteiger partial charge in [-0.25, -0.2) is 4.79 Å². The normalized spacial score (nSPS) is 11.4. The van der Waals surface area contributed by atoms with E-state index >= 15 is 0 Å². The zero-order chi connectivity index (χ0) is 18.1. The first kappa shape index (κ1) is 18.5. The molecule has 0 heterocycles. The quantitative estimate of drug-likeness (QED) is 0.723. The van der Waals surface area contributed by atoms with Crippen LogP contribution in [0, 0.1) is 0 Å². The van der Waals surface area contributed by atoms with Crippen LogP contribution in [0.5, 0.6) is 0 Å². The first-order chi connectivity index (χ1) is 12.1. The van der Waals surface area contributed by atoms with Gasteiger partial charge in [-0.1, -0.05) is 43.3 Å². The summed E-state index contributed by atoms with van der Waals surface area (Å²) in [6.45, 7) is 2.57. The summed E-state index contributed by atoms with van der Waals surface area (Å²) in [5.74, 6) is -0.0348. The van der Waals surface area contributed by atoms with E-state index in [1.165, 1.54) is 12.7 Å². The molecule has 132 valence electrons. The summed E-state index contributed by atoms with van der Waals surface area (Å²) < 4.78 is 4.77. The molecule has 6 heteroatoms. The Morgan fingerprint density at radius 3 is 2.36 bits per heavy atom. The highest BCUT2D eigenvalue weighted by Gasteiger charge is 2.08. The molecular weight excluding hydrogens is 318 g/mol. The predicted molar refractivity (Wildman–Crippen MR) is 98.8 cm³/mol. The van der Waals surface area contributed by atoms with E-state index < -0.39 is 0 Å². The number of hydrogen-bond acceptors (Lipinski definition) is 3. The zero-order valence-electron chi connectivity index (χ0n) is 14.4. The molecule has 0 aliphatic rings. The molecule has 6 nitrogen and oxygen atoms in total. The van der Waals surface area contributed by atoms with Gasteiger partial charge in [-0.3, -0.25) is 4.79 Å². The number of carbonyl (C=O) groups is 2. The van der Waals surface area contributed by atoms with Gasteiger partial charge in [0.15, 0.2) is 0 Å². The van der Waals surface area contributed by atoms with Gasteiger partial charge >= 0.3 is 6.03 Å². The molecule has 2 aromatic rings. The highest BCUT2D eigenvalue weighted by molar-refractivity contribution is 5.94. The van der Waals surface area contributed by atoms with E-state index in [4.69, 9.17) is 4.74 Å². The SMILES string of the molecule is COCC(=O)Nc1cccc(NC(=O)NC[C@H](C)c2ccccc2)c1. The Morgan fingerprint density at radius 2 is 1.68 bits per heavy atom. The summed E-state index contributed by atoms with van der Waals surface area (Å²) in [7, 11) is 1.46. The number of anilines is 2. The van der Waals surface area contributed by atoms with Gasteiger partial charge in [-0.05, 0) is 29.7 Å². The number of amides is 3. The second-order valence-electron chi connectivity index (χ2n) is 5.71. The first-order valence-corrected chi connectivity index (χ1v) is 8.07. The molecule has 0 saturated heterocycles. The average Bonchev–Trinajstić information content (AvgIpc) is 2.61. The second kappa shape index (κ2) is 9.44. The second-order valence-corrected chi connectivity index (χ2v) is 5.71. The molecule has 0 aliphatic heterocycles. The summed E-state index contributed by atoms with van der Waals surface area (Å²) in [4.78, 5) is 23.6. The summed E-state index contributed by atoms with van der Waals surface area (Å²) in [6.07, 6.45) is 0. The van der Waals surface area contributed by atoms with Crippen LogP contribution in [-0.2, 0) is 9.53 Å². The lowest BCUT2D eigenvalue weighted by molar-refractivity contribution is -0.119. The number of nitrogens with one attached hydrogen (secondary N) is 3. The van der Waals surface area contributed by atoms with Crippen LogP contribution in [0.1, 0.15) is 18.4 Å². The molecule has 0 unspecified atom stereocenters. The average molecular weight is 341 g/mol. The van der Waals surface area contributed by atoms with Crippen LogP contribution in [0.3, 0.4) is 0 Å². The van der Waals surface area contributed by atoms with E-state index in [0.717, 1.165) is 0 Å². The Hall–Kier alpha value is -2.86. The van der Waals surface area contributed by atoms with E-state index in [0.29, 0.717) is 17.9 Å². The number of carbonyl (C=O) groups excluding carboxylic acids is 2. The molecule has 0 fully saturated rings. The van der Waals surface area contributed by atoms with Crippen molar-refractivity contribution in [1.29, 1.82) is 0 Å². The van der Waals surface area contributed by atoms with Crippen molar-refractivity contribution in [2.24, 2.45) is 0 Å². The molecule has 0 aliphatic carbocycles. The van der Waals surface area contributed by atoms with Crippen LogP contribution in [0.2, 0.25) is 0 Å². The van der Waals surface area contributed by atoms with Crippen molar-refractivity contribution in [2.75, 3.05) is 30.9 Å². The zero-order valence-corrected chi connectivity index (χ0v) is 14.4. The monoisotopic (exact) mass is 341 g/mol. The van der Waals surface area contributed by atoms with E-state index in [1.54, 1.807) is 24.3 Å². The minimum Gasteiger partial charge on any atom is -0.375 e. The first-order valence-electron chi connectivity index (χ1n) is 8.07. The number of ether oxygens (including phenoxy) is 1. The Bertz CT molecular complexity index is 704. The molecule has 25 heavy (non-hydrogen) atoms. The van der Waals surface area contributed by atoms with Crippen molar-refractivity contribution in [1.82, 2.24) is 5.32 Å². The highest BCUT2D eigenvalue weighted by atomic mass is 16.5. The fourth-order valence-corrected chi connectivity index (χ4v) is 2.32. The lowest BCUT2D eigenvalue weighted by Gasteiger charge is -2.14. The number of methoxy groups -OCH3 is 1. The minimum atomic E-state index is -0.289. The summed E-state index contributed by atoms with van der Waals surface area (Å²) in [5, 5.41) is 8.31. The third kappa shape index (κ3) is 6.27. The highest BCUT2D eigenvalue weighted by Crippen LogP contribution is 2.16. The van der Waals surface area contributed by atoms with Crippen molar-refractivity contribution in [3.63, 3.8) is 0 Å². The van der Waals surface area contributed by atoms with Gasteiger partial charge in [0.1, 0.15) is 6.61 Å². The van der Waals surface area contributed by atoms with E-state index in [1.807, 2.05) is 30.3 Å². The van der Waals surface area contributed by atoms with Crippen LogP contribution < -0.4 is 16.0 Å². The predicted octanol–water partition coefficient (Wildman–Crippen LogP) is 3.20. The number of hydrogen-bond donors (Lipinski definition) is 3. The van der Waals surface area contributed by atoms with Crippen LogP contribution in [0.4, 0.5) is 16.2 Å². The van der Waals surface area contributed by atoms with Gasteiger partial charge in [0, 0.05) is 25.0 Å². The van der Waals surface area contributed by atoms with Crippen molar-refractivity contribution in [3.8, 4) is 0 Å². The molecule has 2 aromatic carbocycles. The standard InChI is InChI=1S/C19H23N3O3/c1-14(15-7-4-3-5-8-15)12-20-19(24)22-17-10-6-9-16(11-17)21-18(23)13-25-2/h3-11,14H,12-13H2,1-2H3,(H,21,23)(H2,20,22,24)/t14-/m0/s1. The Morgan fingerprint density at radius 1 is 1.00 bits per heavy atom. The van der Waals surface area contributed by atoms with Crippen LogP contribution >= 0.6 is 0 Å². The molecule has 0 bridgehead atoms. The molecule has 0 aromatic heterocycles. The van der Waals surface area contributed by atoms with E-state index in [2.05, 4.69) is 22.9 Å². The lowest BCUT2D eigenvalue weighted by atomic mass is 10.0. The van der Waals surface area contributed by atoms with Gasteiger partial charge < -0.3 is 20.7 Å². The molecule has 0 saturated carbocycles. The fraction of sp³-hybridized carbons (Fsp3) is 0.263.